The highest BCUT2D eigenvalue weighted by Crippen LogP contribution is 2.40. The monoisotopic (exact) mass is 543 g/mol. The summed E-state index contributed by atoms with van der Waals surface area (Å²) in [6.07, 6.45) is 1.59. The molecule has 13 heteroatoms. The molecule has 1 aromatic carbocycles. The fourth-order valence-electron chi connectivity index (χ4n) is 4.18. The topological polar surface area (TPSA) is 172 Å². The number of amides is 3. The standard InChI is InChI=1S/C25H29N5O7S/c1-13-6-9-17(37-13)21(24(32)28-12-15-5-4-10-36-15)30(16-8-7-14(34-2)11-18(16)35-3)25(33)22-19(26)20(23(27)31)29-38-22/h6-9,11,15,21H,4-5,10,12,26H2,1-3H3,(H2,27,31)(H,28,32). The van der Waals surface area contributed by atoms with Crippen LogP contribution in [0.5, 0.6) is 11.5 Å². The second-order valence-corrected chi connectivity index (χ2v) is 9.36. The van der Waals surface area contributed by atoms with Crippen LogP contribution in [-0.2, 0) is 9.53 Å². The maximum absolute atomic E-state index is 14.1. The van der Waals surface area contributed by atoms with E-state index >= 15 is 0 Å². The molecule has 3 aromatic rings. The molecule has 12 nitrogen and oxygen atoms in total. The van der Waals surface area contributed by atoms with Gasteiger partial charge in [-0.2, -0.15) is 4.37 Å². The van der Waals surface area contributed by atoms with Crippen molar-refractivity contribution < 1.29 is 33.0 Å². The van der Waals surface area contributed by atoms with Crippen LogP contribution in [0.4, 0.5) is 11.4 Å². The Morgan fingerprint density at radius 3 is 2.61 bits per heavy atom. The Bertz CT molecular complexity index is 1330. The van der Waals surface area contributed by atoms with E-state index in [1.54, 1.807) is 37.3 Å². The number of nitrogens with zero attached hydrogens (tertiary/aromatic N) is 2. The van der Waals surface area contributed by atoms with Crippen LogP contribution in [0.15, 0.2) is 34.7 Å². The lowest BCUT2D eigenvalue weighted by Gasteiger charge is -2.31. The van der Waals surface area contributed by atoms with Crippen molar-refractivity contribution in [2.75, 3.05) is 38.0 Å². The van der Waals surface area contributed by atoms with Crippen LogP contribution in [0.25, 0.3) is 0 Å². The van der Waals surface area contributed by atoms with Gasteiger partial charge in [0.05, 0.1) is 31.7 Å². The molecule has 1 aliphatic heterocycles. The largest absolute Gasteiger partial charge is 0.497 e. The number of aromatic nitrogens is 1. The zero-order valence-electron chi connectivity index (χ0n) is 21.2. The molecule has 2 atom stereocenters. The zero-order chi connectivity index (χ0) is 27.4. The number of nitrogens with one attached hydrogen (secondary N) is 1. The molecular weight excluding hydrogens is 514 g/mol. The molecule has 1 fully saturated rings. The Kier molecular flexibility index (Phi) is 8.17. The van der Waals surface area contributed by atoms with Gasteiger partial charge in [0.15, 0.2) is 11.7 Å². The molecule has 38 heavy (non-hydrogen) atoms. The van der Waals surface area contributed by atoms with E-state index in [9.17, 15) is 14.4 Å². The molecule has 5 N–H and O–H groups in total. The van der Waals surface area contributed by atoms with Gasteiger partial charge < -0.3 is 35.4 Å². The van der Waals surface area contributed by atoms with E-state index in [0.717, 1.165) is 12.8 Å². The first kappa shape index (κ1) is 26.9. The average Bonchev–Trinajstić information content (AvgIpc) is 3.66. The molecule has 0 aliphatic carbocycles. The summed E-state index contributed by atoms with van der Waals surface area (Å²) in [4.78, 5) is 40.8. The number of nitrogens with two attached hydrogens (primary N) is 2. The second-order valence-electron chi connectivity index (χ2n) is 8.58. The minimum absolute atomic E-state index is 0.0723. The third-order valence-corrected chi connectivity index (χ3v) is 6.94. The number of furan rings is 1. The van der Waals surface area contributed by atoms with Crippen molar-refractivity contribution in [3.05, 3.63) is 52.4 Å². The van der Waals surface area contributed by atoms with Gasteiger partial charge in [0.2, 0.25) is 0 Å². The van der Waals surface area contributed by atoms with E-state index in [4.69, 9.17) is 30.1 Å². The van der Waals surface area contributed by atoms with E-state index in [2.05, 4.69) is 9.69 Å². The normalized spacial score (nSPS) is 15.6. The molecule has 0 spiro atoms. The number of carbonyl (C=O) groups is 3. The van der Waals surface area contributed by atoms with Crippen molar-refractivity contribution in [1.82, 2.24) is 9.69 Å². The summed E-state index contributed by atoms with van der Waals surface area (Å²) in [5.74, 6) is -0.632. The van der Waals surface area contributed by atoms with Gasteiger partial charge in [-0.1, -0.05) is 0 Å². The lowest BCUT2D eigenvalue weighted by Crippen LogP contribution is -2.45. The van der Waals surface area contributed by atoms with E-state index in [1.807, 2.05) is 0 Å². The smallest absolute Gasteiger partial charge is 0.273 e. The fraction of sp³-hybridized carbons (Fsp3) is 0.360. The minimum atomic E-state index is -1.28. The van der Waals surface area contributed by atoms with Crippen LogP contribution in [0.1, 0.15) is 50.6 Å². The van der Waals surface area contributed by atoms with E-state index < -0.39 is 23.8 Å². The number of anilines is 2. The molecule has 3 heterocycles. The number of methoxy groups -OCH3 is 2. The summed E-state index contributed by atoms with van der Waals surface area (Å²) in [6, 6.07) is 6.81. The highest BCUT2D eigenvalue weighted by Gasteiger charge is 2.39. The number of ether oxygens (including phenoxy) is 3. The molecular formula is C25H29N5O7S. The van der Waals surface area contributed by atoms with Gasteiger partial charge in [-0.15, -0.1) is 0 Å². The number of benzene rings is 1. The molecule has 202 valence electrons. The van der Waals surface area contributed by atoms with Gasteiger partial charge in [-0.05, 0) is 55.6 Å². The van der Waals surface area contributed by atoms with E-state index in [1.165, 1.54) is 19.1 Å². The Hall–Kier alpha value is -4.10. The number of hydrogen-bond donors (Lipinski definition) is 3. The van der Waals surface area contributed by atoms with Crippen molar-refractivity contribution in [3.8, 4) is 11.5 Å². The molecule has 4 rings (SSSR count). The van der Waals surface area contributed by atoms with Gasteiger partial charge in [0, 0.05) is 19.2 Å². The third-order valence-electron chi connectivity index (χ3n) is 6.09. The van der Waals surface area contributed by atoms with Gasteiger partial charge in [-0.25, -0.2) is 0 Å². The van der Waals surface area contributed by atoms with Crippen LogP contribution < -0.4 is 31.2 Å². The lowest BCUT2D eigenvalue weighted by molar-refractivity contribution is -0.123. The molecule has 1 aliphatic rings. The quantitative estimate of drug-likeness (QED) is 0.347. The number of hydrogen-bond acceptors (Lipinski definition) is 10. The van der Waals surface area contributed by atoms with Crippen LogP contribution in [0, 0.1) is 6.92 Å². The summed E-state index contributed by atoms with van der Waals surface area (Å²) in [5, 5.41) is 2.89. The van der Waals surface area contributed by atoms with Crippen LogP contribution in [0.3, 0.4) is 0 Å². The third kappa shape index (κ3) is 5.43. The van der Waals surface area contributed by atoms with Gasteiger partial charge in [0.25, 0.3) is 17.7 Å². The molecule has 2 unspecified atom stereocenters. The second kappa shape index (κ2) is 11.5. The molecule has 0 bridgehead atoms. The maximum Gasteiger partial charge on any atom is 0.273 e. The molecule has 1 saturated heterocycles. The number of carbonyl (C=O) groups excluding carboxylic acids is 3. The summed E-state index contributed by atoms with van der Waals surface area (Å²) < 4.78 is 26.3. The van der Waals surface area contributed by atoms with Crippen LogP contribution in [-0.4, -0.2) is 55.6 Å². The number of rotatable bonds is 10. The predicted molar refractivity (Wildman–Crippen MR) is 140 cm³/mol. The minimum Gasteiger partial charge on any atom is -0.497 e. The first-order chi connectivity index (χ1) is 18.2. The fourth-order valence-corrected chi connectivity index (χ4v) is 4.92. The Morgan fingerprint density at radius 2 is 2.03 bits per heavy atom. The van der Waals surface area contributed by atoms with Gasteiger partial charge >= 0.3 is 0 Å². The Morgan fingerprint density at radius 1 is 1.24 bits per heavy atom. The Balaban J connectivity index is 1.85. The number of nitrogen functional groups attached to an aromatic ring is 1. The first-order valence-corrected chi connectivity index (χ1v) is 12.6. The molecule has 2 aromatic heterocycles. The predicted octanol–water partition coefficient (Wildman–Crippen LogP) is 2.43. The first-order valence-electron chi connectivity index (χ1n) is 11.8. The van der Waals surface area contributed by atoms with E-state index in [0.29, 0.717) is 29.6 Å². The number of primary amides is 1. The Labute approximate surface area is 223 Å². The van der Waals surface area contributed by atoms with Crippen molar-refractivity contribution in [3.63, 3.8) is 0 Å². The van der Waals surface area contributed by atoms with Crippen LogP contribution >= 0.6 is 11.5 Å². The summed E-state index contributed by atoms with van der Waals surface area (Å²) in [7, 11) is 2.92. The highest BCUT2D eigenvalue weighted by molar-refractivity contribution is 7.09. The molecule has 3 amide bonds. The molecule has 0 radical (unpaired) electrons. The summed E-state index contributed by atoms with van der Waals surface area (Å²) >= 11 is 0.705. The van der Waals surface area contributed by atoms with Crippen molar-refractivity contribution in [1.29, 1.82) is 0 Å². The van der Waals surface area contributed by atoms with Crippen LogP contribution in [0.2, 0.25) is 0 Å². The van der Waals surface area contributed by atoms with Gasteiger partial charge in [0.1, 0.15) is 27.9 Å². The highest BCUT2D eigenvalue weighted by atomic mass is 32.1. The van der Waals surface area contributed by atoms with Gasteiger partial charge in [-0.3, -0.25) is 19.3 Å². The summed E-state index contributed by atoms with van der Waals surface area (Å²) in [5.41, 5.74) is 11.3. The lowest BCUT2D eigenvalue weighted by atomic mass is 10.1. The number of aryl methyl sites for hydroxylation is 1. The van der Waals surface area contributed by atoms with E-state index in [-0.39, 0.29) is 46.1 Å². The van der Waals surface area contributed by atoms with Crippen molar-refractivity contribution >= 4 is 40.6 Å². The zero-order valence-corrected chi connectivity index (χ0v) is 22.0. The maximum atomic E-state index is 14.1. The van der Waals surface area contributed by atoms with Crippen molar-refractivity contribution in [2.45, 2.75) is 31.9 Å². The average molecular weight is 544 g/mol. The van der Waals surface area contributed by atoms with Crippen molar-refractivity contribution in [2.24, 2.45) is 5.73 Å². The SMILES string of the molecule is COc1ccc(N(C(=O)c2snc(C(N)=O)c2N)C(C(=O)NCC2CCCO2)c2ccc(C)o2)c(OC)c1. The summed E-state index contributed by atoms with van der Waals surface area (Å²) in [6.45, 7) is 2.61. The molecule has 0 saturated carbocycles.